The molecule has 0 saturated heterocycles. The van der Waals surface area contributed by atoms with E-state index in [1.807, 2.05) is 54.6 Å². The Morgan fingerprint density at radius 2 is 1.66 bits per heavy atom. The third kappa shape index (κ3) is 4.36. The van der Waals surface area contributed by atoms with Crippen LogP contribution in [0.5, 0.6) is 0 Å². The lowest BCUT2D eigenvalue weighted by Gasteiger charge is -2.56. The van der Waals surface area contributed by atoms with Crippen molar-refractivity contribution < 1.29 is 31.9 Å². The van der Waals surface area contributed by atoms with Gasteiger partial charge in [-0.1, -0.05) is 55.0 Å². The van der Waals surface area contributed by atoms with Crippen LogP contribution >= 0.6 is 0 Å². The van der Waals surface area contributed by atoms with E-state index >= 15 is 8.78 Å². The summed E-state index contributed by atoms with van der Waals surface area (Å²) in [5.41, 5.74) is 1.08. The van der Waals surface area contributed by atoms with Gasteiger partial charge in [-0.3, -0.25) is 4.79 Å². The van der Waals surface area contributed by atoms with Gasteiger partial charge in [0.25, 0.3) is 0 Å². The number of fused-ring (bicyclic) bond motifs is 4. The van der Waals surface area contributed by atoms with Crippen LogP contribution in [0.25, 0.3) is 0 Å². The molecule has 3 nitrogen and oxygen atoms in total. The average molecular weight is 572 g/mol. The Morgan fingerprint density at radius 3 is 2.34 bits per heavy atom. The second-order valence-corrected chi connectivity index (χ2v) is 12.4. The molecule has 4 aliphatic rings. The second kappa shape index (κ2) is 9.79. The van der Waals surface area contributed by atoms with Crippen LogP contribution in [0.15, 0.2) is 77.4 Å². The molecule has 0 unspecified atom stereocenters. The SMILES string of the molecule is C[C@]12C[C@H](c3ccc(CNc4ccccc4)cc3)C3=C4CCC(=O)C=C4CC[C@H]3[C@@H]1CC[C@]2(O)C(F)(F)C(F)(F)F. The molecule has 0 aliphatic heterocycles. The number of benzene rings is 2. The molecule has 2 N–H and O–H groups in total. The summed E-state index contributed by atoms with van der Waals surface area (Å²) in [6.07, 6.45) is -2.59. The van der Waals surface area contributed by atoms with Gasteiger partial charge in [-0.25, -0.2) is 0 Å². The number of alkyl halides is 5. The van der Waals surface area contributed by atoms with Crippen molar-refractivity contribution in [2.45, 2.75) is 82.0 Å². The Bertz CT molecular complexity index is 1400. The van der Waals surface area contributed by atoms with Crippen molar-refractivity contribution in [1.82, 2.24) is 0 Å². The number of carbonyl (C=O) groups excluding carboxylic acids is 1. The summed E-state index contributed by atoms with van der Waals surface area (Å²) in [5, 5.41) is 14.8. The van der Waals surface area contributed by atoms with Crippen LogP contribution in [0.3, 0.4) is 0 Å². The van der Waals surface area contributed by atoms with E-state index in [9.17, 15) is 23.1 Å². The number of aliphatic hydroxyl groups is 1. The number of carbonyl (C=O) groups is 1. The van der Waals surface area contributed by atoms with Gasteiger partial charge in [0.2, 0.25) is 0 Å². The van der Waals surface area contributed by atoms with Crippen molar-refractivity contribution in [1.29, 1.82) is 0 Å². The highest BCUT2D eigenvalue weighted by molar-refractivity contribution is 5.93. The minimum absolute atomic E-state index is 0.0159. The molecule has 4 aliphatic carbocycles. The number of rotatable bonds is 5. The van der Waals surface area contributed by atoms with E-state index in [1.54, 1.807) is 6.08 Å². The maximum atomic E-state index is 15.1. The summed E-state index contributed by atoms with van der Waals surface area (Å²) < 4.78 is 71.5. The standard InChI is InChI=1S/C33H34F5NO2/c1-30-18-27(21-9-7-20(8-10-21)19-39-23-5-3-2-4-6-23)29-25-14-12-24(40)17-22(25)11-13-26(29)28(30)15-16-31(30,41)32(34,35)33(36,37)38/h2-10,17,26-28,39,41H,11-16,18-19H2,1H3/t26-,27+,28-,30-,31+/m0/s1. The van der Waals surface area contributed by atoms with Gasteiger partial charge in [0.15, 0.2) is 5.78 Å². The maximum absolute atomic E-state index is 15.1. The lowest BCUT2D eigenvalue weighted by molar-refractivity contribution is -0.362. The predicted molar refractivity (Wildman–Crippen MR) is 146 cm³/mol. The first-order valence-corrected chi connectivity index (χ1v) is 14.4. The summed E-state index contributed by atoms with van der Waals surface area (Å²) >= 11 is 0. The number of para-hydroxylation sites is 1. The average Bonchev–Trinajstić information content (AvgIpc) is 3.23. The van der Waals surface area contributed by atoms with E-state index in [0.717, 1.165) is 33.5 Å². The van der Waals surface area contributed by atoms with E-state index in [-0.39, 0.29) is 24.5 Å². The van der Waals surface area contributed by atoms with E-state index < -0.39 is 41.4 Å². The Balaban J connectivity index is 1.41. The highest BCUT2D eigenvalue weighted by Crippen LogP contribution is 2.70. The van der Waals surface area contributed by atoms with Crippen LogP contribution in [-0.4, -0.2) is 28.6 Å². The molecule has 218 valence electrons. The van der Waals surface area contributed by atoms with Crippen molar-refractivity contribution >= 4 is 11.5 Å². The van der Waals surface area contributed by atoms with Crippen molar-refractivity contribution in [2.24, 2.45) is 17.3 Å². The minimum atomic E-state index is -5.85. The molecule has 2 aromatic carbocycles. The van der Waals surface area contributed by atoms with Crippen LogP contribution in [0.1, 0.15) is 68.9 Å². The fraction of sp³-hybridized carbons (Fsp3) is 0.485. The van der Waals surface area contributed by atoms with E-state index in [4.69, 9.17) is 0 Å². The summed E-state index contributed by atoms with van der Waals surface area (Å²) in [5.74, 6) is -6.33. The van der Waals surface area contributed by atoms with E-state index in [1.165, 1.54) is 6.92 Å². The van der Waals surface area contributed by atoms with Crippen molar-refractivity contribution in [3.8, 4) is 0 Å². The molecule has 0 amide bonds. The van der Waals surface area contributed by atoms with Gasteiger partial charge in [-0.2, -0.15) is 22.0 Å². The molecular weight excluding hydrogens is 537 g/mol. The fourth-order valence-corrected chi connectivity index (χ4v) is 8.34. The molecular formula is C33H34F5NO2. The second-order valence-electron chi connectivity index (χ2n) is 12.4. The highest BCUT2D eigenvalue weighted by atomic mass is 19.4. The Kier molecular flexibility index (Phi) is 6.72. The Labute approximate surface area is 236 Å². The van der Waals surface area contributed by atoms with Crippen LogP contribution in [0.4, 0.5) is 27.6 Å². The first-order chi connectivity index (χ1) is 19.4. The highest BCUT2D eigenvalue weighted by Gasteiger charge is 2.79. The van der Waals surface area contributed by atoms with Gasteiger partial charge in [0, 0.05) is 30.0 Å². The molecule has 0 spiro atoms. The number of allylic oxidation sites excluding steroid dienone is 4. The molecule has 6 rings (SSSR count). The van der Waals surface area contributed by atoms with Gasteiger partial charge in [0.1, 0.15) is 5.60 Å². The zero-order valence-corrected chi connectivity index (χ0v) is 22.9. The summed E-state index contributed by atoms with van der Waals surface area (Å²) in [7, 11) is 0. The van der Waals surface area contributed by atoms with E-state index in [0.29, 0.717) is 32.2 Å². The minimum Gasteiger partial charge on any atom is -0.383 e. The van der Waals surface area contributed by atoms with E-state index in [2.05, 4.69) is 5.32 Å². The molecule has 0 radical (unpaired) electrons. The Morgan fingerprint density at radius 1 is 0.951 bits per heavy atom. The van der Waals surface area contributed by atoms with Gasteiger partial charge in [0.05, 0.1) is 0 Å². The number of hydrogen-bond donors (Lipinski definition) is 2. The number of halogens is 5. The van der Waals surface area contributed by atoms with Crippen molar-refractivity contribution in [3.05, 3.63) is 88.5 Å². The summed E-state index contributed by atoms with van der Waals surface area (Å²) in [6, 6.07) is 17.5. The lowest BCUT2D eigenvalue weighted by Crippen LogP contribution is -2.65. The van der Waals surface area contributed by atoms with Crippen LogP contribution < -0.4 is 5.32 Å². The number of anilines is 1. The molecule has 2 aromatic rings. The summed E-state index contributed by atoms with van der Waals surface area (Å²) in [6.45, 7) is 2.02. The number of hydrogen-bond acceptors (Lipinski definition) is 3. The third-order valence-electron chi connectivity index (χ3n) is 10.4. The van der Waals surface area contributed by atoms with Crippen molar-refractivity contribution in [2.75, 3.05) is 5.32 Å². The normalized spacial score (nSPS) is 31.7. The van der Waals surface area contributed by atoms with Crippen LogP contribution in [0, 0.1) is 17.3 Å². The zero-order chi connectivity index (χ0) is 29.2. The molecule has 0 bridgehead atoms. The first-order valence-electron chi connectivity index (χ1n) is 14.4. The van der Waals surface area contributed by atoms with Gasteiger partial charge in [-0.05, 0) is 90.8 Å². The molecule has 2 fully saturated rings. The largest absolute Gasteiger partial charge is 0.456 e. The topological polar surface area (TPSA) is 49.3 Å². The third-order valence-corrected chi connectivity index (χ3v) is 10.4. The predicted octanol–water partition coefficient (Wildman–Crippen LogP) is 8.13. The molecule has 8 heteroatoms. The molecule has 0 aromatic heterocycles. The van der Waals surface area contributed by atoms with Gasteiger partial charge >= 0.3 is 12.1 Å². The first kappa shape index (κ1) is 28.1. The Hall–Kier alpha value is -3.00. The number of ketones is 1. The van der Waals surface area contributed by atoms with Gasteiger partial charge < -0.3 is 10.4 Å². The lowest BCUT2D eigenvalue weighted by atomic mass is 9.50. The quantitative estimate of drug-likeness (QED) is 0.357. The van der Waals surface area contributed by atoms with Crippen LogP contribution in [0.2, 0.25) is 0 Å². The molecule has 5 atom stereocenters. The number of nitrogens with one attached hydrogen (secondary N) is 1. The molecule has 0 heterocycles. The maximum Gasteiger partial charge on any atom is 0.456 e. The molecule has 41 heavy (non-hydrogen) atoms. The zero-order valence-electron chi connectivity index (χ0n) is 22.9. The fourth-order valence-electron chi connectivity index (χ4n) is 8.34. The molecule has 2 saturated carbocycles. The van der Waals surface area contributed by atoms with Crippen molar-refractivity contribution in [3.63, 3.8) is 0 Å². The van der Waals surface area contributed by atoms with Gasteiger partial charge in [-0.15, -0.1) is 0 Å². The smallest absolute Gasteiger partial charge is 0.383 e. The monoisotopic (exact) mass is 571 g/mol. The van der Waals surface area contributed by atoms with Crippen LogP contribution in [-0.2, 0) is 11.3 Å². The summed E-state index contributed by atoms with van der Waals surface area (Å²) in [4.78, 5) is 12.2.